The van der Waals surface area contributed by atoms with Gasteiger partial charge in [-0.15, -0.1) is 22.7 Å². The fourth-order valence-corrected chi connectivity index (χ4v) is 3.21. The lowest BCUT2D eigenvalue weighted by Gasteiger charge is -1.98. The van der Waals surface area contributed by atoms with Gasteiger partial charge in [0.1, 0.15) is 11.8 Å². The first kappa shape index (κ1) is 12.2. The first-order valence-corrected chi connectivity index (χ1v) is 6.86. The van der Waals surface area contributed by atoms with E-state index in [1.165, 1.54) is 22.7 Å². The van der Waals surface area contributed by atoms with Crippen LogP contribution in [-0.2, 0) is 0 Å². The summed E-state index contributed by atoms with van der Waals surface area (Å²) in [5.74, 6) is 0.756. The third-order valence-electron chi connectivity index (χ3n) is 2.13. The Morgan fingerprint density at radius 3 is 2.76 bits per heavy atom. The minimum absolute atomic E-state index is 0.475. The average molecular weight is 282 g/mol. The molecule has 2 heterocycles. The minimum Gasteiger partial charge on any atom is -0.496 e. The molecule has 0 atom stereocenters. The van der Waals surface area contributed by atoms with E-state index >= 15 is 0 Å². The lowest BCUT2D eigenvalue weighted by Crippen LogP contribution is -1.80. The maximum absolute atomic E-state index is 9.18. The second-order valence-corrected chi connectivity index (χ2v) is 5.37. The summed E-state index contributed by atoms with van der Waals surface area (Å²) in [5, 5.41) is 13.4. The first-order chi connectivity index (χ1) is 8.26. The number of allylic oxidation sites excluding steroid dienone is 1. The molecule has 0 aliphatic heterocycles. The number of hydrogen-bond donors (Lipinski definition) is 0. The van der Waals surface area contributed by atoms with Crippen LogP contribution in [0.25, 0.3) is 10.6 Å². The maximum atomic E-state index is 9.18. The van der Waals surface area contributed by atoms with Gasteiger partial charge in [0.15, 0.2) is 0 Å². The number of hydrogen-bond acceptors (Lipinski definition) is 4. The molecule has 0 saturated heterocycles. The Labute approximate surface area is 112 Å². The summed E-state index contributed by atoms with van der Waals surface area (Å²) in [5.41, 5.74) is 0.506. The summed E-state index contributed by atoms with van der Waals surface area (Å²) in [6, 6.07) is 7.77. The average Bonchev–Trinajstić information content (AvgIpc) is 3.00. The van der Waals surface area contributed by atoms with Gasteiger partial charge < -0.3 is 4.74 Å². The summed E-state index contributed by atoms with van der Waals surface area (Å²) in [6.45, 7) is 0. The van der Waals surface area contributed by atoms with Crippen molar-refractivity contribution in [2.45, 2.75) is 0 Å². The fourth-order valence-electron chi connectivity index (χ4n) is 1.30. The van der Waals surface area contributed by atoms with Gasteiger partial charge in [-0.25, -0.2) is 0 Å². The molecule has 2 aromatic rings. The maximum Gasteiger partial charge on any atom is 0.130 e. The Kier molecular flexibility index (Phi) is 3.85. The number of ether oxygens (including phenoxy) is 1. The molecule has 0 spiro atoms. The zero-order valence-corrected chi connectivity index (χ0v) is 11.3. The smallest absolute Gasteiger partial charge is 0.130 e. The summed E-state index contributed by atoms with van der Waals surface area (Å²) in [6.07, 6.45) is 0. The van der Waals surface area contributed by atoms with Crippen molar-refractivity contribution in [3.8, 4) is 11.8 Å². The van der Waals surface area contributed by atoms with Crippen molar-refractivity contribution in [1.82, 2.24) is 0 Å². The van der Waals surface area contributed by atoms with Gasteiger partial charge in [-0.1, -0.05) is 17.7 Å². The van der Waals surface area contributed by atoms with Crippen molar-refractivity contribution >= 4 is 44.9 Å². The molecule has 0 fully saturated rings. The highest BCUT2D eigenvalue weighted by Crippen LogP contribution is 2.36. The Balaban J connectivity index is 2.46. The normalized spacial score (nSPS) is 11.8. The van der Waals surface area contributed by atoms with E-state index in [0.29, 0.717) is 10.6 Å². The molecule has 17 heavy (non-hydrogen) atoms. The SMILES string of the molecule is COc1csc(/C(Cl)=C(/C#N)c2cccs2)c1. The fraction of sp³-hybridized carbons (Fsp3) is 0.0833. The van der Waals surface area contributed by atoms with E-state index in [2.05, 4.69) is 6.07 Å². The molecular formula is C12H8ClNOS2. The van der Waals surface area contributed by atoms with Crippen LogP contribution in [0.5, 0.6) is 5.75 Å². The first-order valence-electron chi connectivity index (χ1n) is 4.73. The van der Waals surface area contributed by atoms with E-state index in [0.717, 1.165) is 15.5 Å². The molecule has 0 saturated carbocycles. The quantitative estimate of drug-likeness (QED) is 0.779. The molecule has 0 aliphatic carbocycles. The van der Waals surface area contributed by atoms with Crippen LogP contribution in [0.15, 0.2) is 29.0 Å². The van der Waals surface area contributed by atoms with Gasteiger partial charge in [0.05, 0.1) is 22.6 Å². The second kappa shape index (κ2) is 5.37. The predicted molar refractivity (Wildman–Crippen MR) is 73.5 cm³/mol. The Bertz CT molecular complexity index is 578. The van der Waals surface area contributed by atoms with Gasteiger partial charge in [-0.3, -0.25) is 0 Å². The number of rotatable bonds is 3. The molecule has 0 radical (unpaired) electrons. The van der Waals surface area contributed by atoms with E-state index < -0.39 is 0 Å². The molecule has 2 aromatic heterocycles. The number of thiophene rings is 2. The molecular weight excluding hydrogens is 274 g/mol. The minimum atomic E-state index is 0.475. The molecule has 0 aliphatic rings. The van der Waals surface area contributed by atoms with Crippen molar-refractivity contribution in [3.63, 3.8) is 0 Å². The van der Waals surface area contributed by atoms with Crippen LogP contribution in [-0.4, -0.2) is 7.11 Å². The standard InChI is InChI=1S/C12H8ClNOS2/c1-15-8-5-11(17-7-8)12(13)9(6-14)10-3-2-4-16-10/h2-5,7H,1H3/b12-9+. The molecule has 0 bridgehead atoms. The van der Waals surface area contributed by atoms with Crippen molar-refractivity contribution in [3.05, 3.63) is 38.7 Å². The van der Waals surface area contributed by atoms with E-state index in [4.69, 9.17) is 16.3 Å². The monoisotopic (exact) mass is 281 g/mol. The van der Waals surface area contributed by atoms with Gasteiger partial charge in [0, 0.05) is 10.3 Å². The molecule has 2 rings (SSSR count). The van der Waals surface area contributed by atoms with Gasteiger partial charge in [-0.05, 0) is 17.5 Å². The van der Waals surface area contributed by atoms with Crippen LogP contribution in [0.2, 0.25) is 0 Å². The largest absolute Gasteiger partial charge is 0.496 e. The van der Waals surface area contributed by atoms with E-state index in [1.807, 2.05) is 29.0 Å². The van der Waals surface area contributed by atoms with E-state index in [9.17, 15) is 5.26 Å². The second-order valence-electron chi connectivity index (χ2n) is 3.13. The van der Waals surface area contributed by atoms with Crippen molar-refractivity contribution < 1.29 is 4.74 Å². The van der Waals surface area contributed by atoms with Gasteiger partial charge >= 0.3 is 0 Å². The van der Waals surface area contributed by atoms with Crippen LogP contribution in [0.3, 0.4) is 0 Å². The third-order valence-corrected chi connectivity index (χ3v) is 4.44. The Hall–Kier alpha value is -1.28. The topological polar surface area (TPSA) is 33.0 Å². The highest BCUT2D eigenvalue weighted by atomic mass is 35.5. The molecule has 0 unspecified atom stereocenters. The predicted octanol–water partition coefficient (Wildman–Crippen LogP) is 4.45. The summed E-state index contributed by atoms with van der Waals surface area (Å²) >= 11 is 9.21. The lowest BCUT2D eigenvalue weighted by atomic mass is 10.2. The highest BCUT2D eigenvalue weighted by molar-refractivity contribution is 7.13. The molecule has 0 aromatic carbocycles. The van der Waals surface area contributed by atoms with E-state index in [-0.39, 0.29) is 0 Å². The van der Waals surface area contributed by atoms with Crippen molar-refractivity contribution in [2.24, 2.45) is 0 Å². The molecule has 2 nitrogen and oxygen atoms in total. The Morgan fingerprint density at radius 1 is 1.41 bits per heavy atom. The van der Waals surface area contributed by atoms with Crippen LogP contribution in [0.1, 0.15) is 9.75 Å². The summed E-state index contributed by atoms with van der Waals surface area (Å²) in [4.78, 5) is 1.72. The zero-order valence-electron chi connectivity index (χ0n) is 8.94. The Morgan fingerprint density at radius 2 is 2.24 bits per heavy atom. The third kappa shape index (κ3) is 2.52. The zero-order chi connectivity index (χ0) is 12.3. The molecule has 0 N–H and O–H groups in total. The summed E-state index contributed by atoms with van der Waals surface area (Å²) in [7, 11) is 1.61. The van der Waals surface area contributed by atoms with Gasteiger partial charge in [0.25, 0.3) is 0 Å². The van der Waals surface area contributed by atoms with Crippen LogP contribution < -0.4 is 4.74 Å². The highest BCUT2D eigenvalue weighted by Gasteiger charge is 2.12. The van der Waals surface area contributed by atoms with E-state index in [1.54, 1.807) is 7.11 Å². The number of halogens is 1. The van der Waals surface area contributed by atoms with Crippen LogP contribution in [0, 0.1) is 11.3 Å². The van der Waals surface area contributed by atoms with Crippen LogP contribution in [0.4, 0.5) is 0 Å². The number of methoxy groups -OCH3 is 1. The van der Waals surface area contributed by atoms with Crippen LogP contribution >= 0.6 is 34.3 Å². The van der Waals surface area contributed by atoms with Crippen molar-refractivity contribution in [1.29, 1.82) is 5.26 Å². The lowest BCUT2D eigenvalue weighted by molar-refractivity contribution is 0.416. The number of nitrogens with zero attached hydrogens (tertiary/aromatic N) is 1. The molecule has 5 heteroatoms. The van der Waals surface area contributed by atoms with Gasteiger partial charge in [-0.2, -0.15) is 5.26 Å². The summed E-state index contributed by atoms with van der Waals surface area (Å²) < 4.78 is 5.10. The molecule has 0 amide bonds. The van der Waals surface area contributed by atoms with Crippen molar-refractivity contribution in [2.75, 3.05) is 7.11 Å². The molecule has 86 valence electrons. The number of nitriles is 1. The van der Waals surface area contributed by atoms with Gasteiger partial charge in [0.2, 0.25) is 0 Å².